The molecule has 8 heteroatoms. The normalized spacial score (nSPS) is 16.6. The third kappa shape index (κ3) is 4.26. The number of alkyl halides is 3. The molecule has 1 saturated heterocycles. The number of hydrogen-bond donors (Lipinski definition) is 1. The van der Waals surface area contributed by atoms with E-state index in [0.717, 1.165) is 12.3 Å². The number of para-hydroxylation sites is 1. The van der Waals surface area contributed by atoms with E-state index in [9.17, 15) is 18.0 Å². The van der Waals surface area contributed by atoms with Crippen molar-refractivity contribution in [3.63, 3.8) is 0 Å². The first-order chi connectivity index (χ1) is 11.3. The maximum atomic E-state index is 12.9. The van der Waals surface area contributed by atoms with Crippen molar-refractivity contribution < 1.29 is 18.0 Å². The zero-order valence-electron chi connectivity index (χ0n) is 13.1. The van der Waals surface area contributed by atoms with Gasteiger partial charge in [-0.25, -0.2) is 0 Å². The van der Waals surface area contributed by atoms with E-state index in [0.29, 0.717) is 26.2 Å². The van der Waals surface area contributed by atoms with Gasteiger partial charge in [0.25, 0.3) is 5.91 Å². The number of likely N-dealkylation sites (N-methyl/N-ethyl adjacent to an activating group) is 1. The highest BCUT2D eigenvalue weighted by molar-refractivity contribution is 5.97. The lowest BCUT2D eigenvalue weighted by molar-refractivity contribution is -0.137. The number of nitrogens with one attached hydrogen (secondary N) is 1. The molecule has 5 nitrogen and oxygen atoms in total. The topological polar surface area (TPSA) is 59.4 Å². The van der Waals surface area contributed by atoms with Gasteiger partial charge in [-0.2, -0.15) is 18.4 Å². The summed E-state index contributed by atoms with van der Waals surface area (Å²) in [6.45, 7) is 2.34. The van der Waals surface area contributed by atoms with Gasteiger partial charge in [-0.15, -0.1) is 0 Å². The fourth-order valence-corrected chi connectivity index (χ4v) is 2.33. The predicted molar refractivity (Wildman–Crippen MR) is 82.8 cm³/mol. The first-order valence-electron chi connectivity index (χ1n) is 7.34. The zero-order chi connectivity index (χ0) is 17.7. The van der Waals surface area contributed by atoms with Crippen molar-refractivity contribution in [3.05, 3.63) is 41.6 Å². The molecule has 1 aromatic carbocycles. The average Bonchev–Trinajstić information content (AvgIpc) is 2.55. The van der Waals surface area contributed by atoms with Crippen molar-refractivity contribution in [2.24, 2.45) is 0 Å². The Hall–Kier alpha value is -2.53. The Morgan fingerprint density at radius 3 is 2.46 bits per heavy atom. The minimum atomic E-state index is -4.52. The number of hydrogen-bond acceptors (Lipinski definition) is 4. The maximum absolute atomic E-state index is 12.9. The van der Waals surface area contributed by atoms with Gasteiger partial charge < -0.3 is 15.1 Å². The number of halogens is 3. The number of nitrogens with zero attached hydrogens (tertiary/aromatic N) is 3. The molecule has 0 aliphatic carbocycles. The number of rotatable bonds is 3. The van der Waals surface area contributed by atoms with Crippen LogP contribution >= 0.6 is 0 Å². The molecule has 0 bridgehead atoms. The van der Waals surface area contributed by atoms with Crippen molar-refractivity contribution in [3.8, 4) is 6.07 Å². The second-order valence-corrected chi connectivity index (χ2v) is 5.45. The molecule has 0 atom stereocenters. The Bertz CT molecular complexity index is 671. The van der Waals surface area contributed by atoms with Crippen LogP contribution in [0, 0.1) is 11.3 Å². The van der Waals surface area contributed by atoms with E-state index in [2.05, 4.69) is 10.2 Å². The summed E-state index contributed by atoms with van der Waals surface area (Å²) in [5, 5.41) is 11.6. The molecule has 1 aliphatic rings. The molecule has 24 heavy (non-hydrogen) atoms. The smallest absolute Gasteiger partial charge is 0.360 e. The first kappa shape index (κ1) is 17.8. The van der Waals surface area contributed by atoms with Crippen LogP contribution in [0.5, 0.6) is 0 Å². The Kier molecular flexibility index (Phi) is 5.46. The quantitative estimate of drug-likeness (QED) is 0.679. The molecule has 1 aromatic rings. The molecule has 1 amide bonds. The summed E-state index contributed by atoms with van der Waals surface area (Å²) in [7, 11) is 1.93. The Morgan fingerprint density at radius 2 is 1.88 bits per heavy atom. The summed E-state index contributed by atoms with van der Waals surface area (Å²) in [6.07, 6.45) is -3.49. The highest BCUT2D eigenvalue weighted by Gasteiger charge is 2.33. The Morgan fingerprint density at radius 1 is 1.25 bits per heavy atom. The van der Waals surface area contributed by atoms with Crippen molar-refractivity contribution in [1.29, 1.82) is 5.26 Å². The van der Waals surface area contributed by atoms with Gasteiger partial charge in [0, 0.05) is 32.4 Å². The van der Waals surface area contributed by atoms with Gasteiger partial charge >= 0.3 is 6.18 Å². The number of benzene rings is 1. The SMILES string of the molecule is CN1CCN(C(=O)/C(C#N)=C\Nc2ccccc2C(F)(F)F)CC1. The fraction of sp³-hybridized carbons (Fsp3) is 0.375. The molecule has 1 fully saturated rings. The second-order valence-electron chi connectivity index (χ2n) is 5.45. The number of amides is 1. The summed E-state index contributed by atoms with van der Waals surface area (Å²) in [4.78, 5) is 15.9. The van der Waals surface area contributed by atoms with Crippen LogP contribution in [0.15, 0.2) is 36.0 Å². The highest BCUT2D eigenvalue weighted by atomic mass is 19.4. The molecule has 0 radical (unpaired) electrons. The lowest BCUT2D eigenvalue weighted by Crippen LogP contribution is -2.47. The van der Waals surface area contributed by atoms with E-state index >= 15 is 0 Å². The lowest BCUT2D eigenvalue weighted by Gasteiger charge is -2.32. The van der Waals surface area contributed by atoms with Crippen LogP contribution in [0.2, 0.25) is 0 Å². The molecule has 1 N–H and O–H groups in total. The van der Waals surface area contributed by atoms with E-state index in [1.54, 1.807) is 6.07 Å². The highest BCUT2D eigenvalue weighted by Crippen LogP contribution is 2.34. The molecule has 0 aromatic heterocycles. The van der Waals surface area contributed by atoms with Crippen molar-refractivity contribution >= 4 is 11.6 Å². The third-order valence-electron chi connectivity index (χ3n) is 3.75. The van der Waals surface area contributed by atoms with E-state index in [1.165, 1.54) is 23.1 Å². The Labute approximate surface area is 138 Å². The minimum absolute atomic E-state index is 0.205. The van der Waals surface area contributed by atoms with E-state index in [-0.39, 0.29) is 11.3 Å². The van der Waals surface area contributed by atoms with E-state index in [4.69, 9.17) is 5.26 Å². The monoisotopic (exact) mass is 338 g/mol. The van der Waals surface area contributed by atoms with Gasteiger partial charge in [-0.3, -0.25) is 4.79 Å². The molecule has 128 valence electrons. The molecular formula is C16H17F3N4O. The fourth-order valence-electron chi connectivity index (χ4n) is 2.33. The summed E-state index contributed by atoms with van der Waals surface area (Å²) in [5.74, 6) is -0.484. The minimum Gasteiger partial charge on any atom is -0.360 e. The number of nitriles is 1. The van der Waals surface area contributed by atoms with E-state index < -0.39 is 17.6 Å². The first-order valence-corrected chi connectivity index (χ1v) is 7.34. The van der Waals surface area contributed by atoms with Crippen LogP contribution in [0.4, 0.5) is 18.9 Å². The molecule has 0 saturated carbocycles. The number of carbonyl (C=O) groups excluding carboxylic acids is 1. The molecule has 1 aliphatic heterocycles. The van der Waals surface area contributed by atoms with Gasteiger partial charge in [-0.05, 0) is 19.2 Å². The summed E-state index contributed by atoms with van der Waals surface area (Å²) >= 11 is 0. The van der Waals surface area contributed by atoms with Crippen LogP contribution in [-0.4, -0.2) is 48.9 Å². The maximum Gasteiger partial charge on any atom is 0.418 e. The van der Waals surface area contributed by atoms with Crippen LogP contribution in [-0.2, 0) is 11.0 Å². The molecular weight excluding hydrogens is 321 g/mol. The van der Waals surface area contributed by atoms with Crippen molar-refractivity contribution in [2.75, 3.05) is 38.5 Å². The largest absolute Gasteiger partial charge is 0.418 e. The number of carbonyl (C=O) groups is 1. The number of anilines is 1. The number of piperazine rings is 1. The standard InChI is InChI=1S/C16H17F3N4O/c1-22-6-8-23(9-7-22)15(24)12(10-20)11-21-14-5-3-2-4-13(14)16(17,18)19/h2-5,11,21H,6-9H2,1H3/b12-11-. The van der Waals surface area contributed by atoms with Gasteiger partial charge in [-0.1, -0.05) is 12.1 Å². The van der Waals surface area contributed by atoms with Crippen molar-refractivity contribution in [1.82, 2.24) is 9.80 Å². The zero-order valence-corrected chi connectivity index (χ0v) is 13.1. The van der Waals surface area contributed by atoms with Gasteiger partial charge in [0.1, 0.15) is 11.6 Å². The van der Waals surface area contributed by atoms with Crippen LogP contribution in [0.1, 0.15) is 5.56 Å². The molecule has 0 spiro atoms. The van der Waals surface area contributed by atoms with Crippen LogP contribution in [0.3, 0.4) is 0 Å². The summed E-state index contributed by atoms with van der Waals surface area (Å²) < 4.78 is 38.8. The lowest BCUT2D eigenvalue weighted by atomic mass is 10.1. The molecule has 2 rings (SSSR count). The van der Waals surface area contributed by atoms with Crippen LogP contribution < -0.4 is 5.32 Å². The van der Waals surface area contributed by atoms with Crippen LogP contribution in [0.25, 0.3) is 0 Å². The third-order valence-corrected chi connectivity index (χ3v) is 3.75. The Balaban J connectivity index is 2.15. The van der Waals surface area contributed by atoms with Gasteiger partial charge in [0.2, 0.25) is 0 Å². The molecule has 0 unspecified atom stereocenters. The predicted octanol–water partition coefficient (Wildman–Crippen LogP) is 2.30. The molecule has 1 heterocycles. The second kappa shape index (κ2) is 7.36. The van der Waals surface area contributed by atoms with Gasteiger partial charge in [0.15, 0.2) is 0 Å². The summed E-state index contributed by atoms with van der Waals surface area (Å²) in [6, 6.07) is 6.65. The van der Waals surface area contributed by atoms with Crippen molar-refractivity contribution in [2.45, 2.75) is 6.18 Å². The summed E-state index contributed by atoms with van der Waals surface area (Å²) in [5.41, 5.74) is -1.29. The van der Waals surface area contributed by atoms with E-state index in [1.807, 2.05) is 7.05 Å². The van der Waals surface area contributed by atoms with Gasteiger partial charge in [0.05, 0.1) is 11.3 Å². The average molecular weight is 338 g/mol.